The Morgan fingerprint density at radius 2 is 2.06 bits per heavy atom. The Morgan fingerprint density at radius 3 is 2.62 bits per heavy atom. The maximum Gasteiger partial charge on any atom is 0.188 e. The number of nitrogens with one attached hydrogen (secondary N) is 1. The molecule has 2 aliphatic rings. The van der Waals surface area contributed by atoms with Crippen LogP contribution in [0.5, 0.6) is 0 Å². The zero-order chi connectivity index (χ0) is 11.4. The topological polar surface area (TPSA) is 70.6 Å². The quantitative estimate of drug-likeness (QED) is 0.483. The zero-order valence-electron chi connectivity index (χ0n) is 9.91. The summed E-state index contributed by atoms with van der Waals surface area (Å²) in [4.78, 5) is 4.41. The van der Waals surface area contributed by atoms with Gasteiger partial charge in [-0.15, -0.1) is 0 Å². The number of nitrogens with zero attached hydrogens (tertiary/aromatic N) is 1. The number of rotatable bonds is 5. The molecule has 2 rings (SSSR count). The molecule has 16 heavy (non-hydrogen) atoms. The smallest absolute Gasteiger partial charge is 0.188 e. The van der Waals surface area contributed by atoms with Crippen LogP contribution in [0, 0.1) is 5.41 Å². The highest BCUT2D eigenvalue weighted by Gasteiger charge is 2.41. The number of aliphatic imine (C=N–C) groups is 1. The summed E-state index contributed by atoms with van der Waals surface area (Å²) in [6, 6.07) is 0.539. The van der Waals surface area contributed by atoms with Crippen molar-refractivity contribution in [2.24, 2.45) is 16.1 Å². The van der Waals surface area contributed by atoms with Crippen LogP contribution in [-0.2, 0) is 0 Å². The van der Waals surface area contributed by atoms with Gasteiger partial charge in [0, 0.05) is 19.2 Å². The van der Waals surface area contributed by atoms with Crippen molar-refractivity contribution >= 4 is 5.96 Å². The standard InChI is InChI=1S/C12H23N3O/c13-11(15-10-3-1-2-4-10)14-9-12(5-6-12)7-8-16/h10,16H,1-9H2,(H3,13,14,15). The number of hydrogen-bond acceptors (Lipinski definition) is 2. The molecule has 2 saturated carbocycles. The minimum Gasteiger partial charge on any atom is -0.396 e. The number of hydrogen-bond donors (Lipinski definition) is 3. The molecule has 0 saturated heterocycles. The van der Waals surface area contributed by atoms with E-state index in [1.807, 2.05) is 0 Å². The second-order valence-electron chi connectivity index (χ2n) is 5.30. The Morgan fingerprint density at radius 1 is 1.38 bits per heavy atom. The highest BCUT2D eigenvalue weighted by Crippen LogP contribution is 2.48. The van der Waals surface area contributed by atoms with Crippen molar-refractivity contribution in [2.75, 3.05) is 13.2 Å². The zero-order valence-corrected chi connectivity index (χ0v) is 9.91. The maximum atomic E-state index is 8.94. The van der Waals surface area contributed by atoms with E-state index < -0.39 is 0 Å². The van der Waals surface area contributed by atoms with E-state index in [1.165, 1.54) is 38.5 Å². The number of nitrogens with two attached hydrogens (primary N) is 1. The Balaban J connectivity index is 1.73. The summed E-state index contributed by atoms with van der Waals surface area (Å²) in [6.07, 6.45) is 8.30. The van der Waals surface area contributed by atoms with Gasteiger partial charge in [0.05, 0.1) is 0 Å². The van der Waals surface area contributed by atoms with Crippen molar-refractivity contribution in [3.63, 3.8) is 0 Å². The second kappa shape index (κ2) is 5.04. The van der Waals surface area contributed by atoms with Gasteiger partial charge in [-0.25, -0.2) is 0 Å². The lowest BCUT2D eigenvalue weighted by molar-refractivity contribution is 0.251. The van der Waals surface area contributed by atoms with E-state index in [0.717, 1.165) is 13.0 Å². The van der Waals surface area contributed by atoms with E-state index in [4.69, 9.17) is 10.8 Å². The molecule has 4 nitrogen and oxygen atoms in total. The molecule has 0 aromatic rings. The summed E-state index contributed by atoms with van der Waals surface area (Å²) in [5.41, 5.74) is 6.14. The van der Waals surface area contributed by atoms with Crippen molar-refractivity contribution < 1.29 is 5.11 Å². The van der Waals surface area contributed by atoms with E-state index >= 15 is 0 Å². The third kappa shape index (κ3) is 3.11. The molecule has 0 heterocycles. The Bertz CT molecular complexity index is 255. The molecule has 4 heteroatoms. The number of guanidine groups is 1. The molecule has 0 atom stereocenters. The first-order valence-corrected chi connectivity index (χ1v) is 6.41. The van der Waals surface area contributed by atoms with Crippen LogP contribution < -0.4 is 11.1 Å². The van der Waals surface area contributed by atoms with Crippen LogP contribution in [0.2, 0.25) is 0 Å². The summed E-state index contributed by atoms with van der Waals surface area (Å²) >= 11 is 0. The molecule has 0 amide bonds. The highest BCUT2D eigenvalue weighted by molar-refractivity contribution is 5.78. The van der Waals surface area contributed by atoms with Crippen LogP contribution in [0.15, 0.2) is 4.99 Å². The van der Waals surface area contributed by atoms with Crippen molar-refractivity contribution in [3.8, 4) is 0 Å². The molecule has 92 valence electrons. The van der Waals surface area contributed by atoms with E-state index in [-0.39, 0.29) is 12.0 Å². The monoisotopic (exact) mass is 225 g/mol. The average Bonchev–Trinajstić information content (AvgIpc) is 2.83. The van der Waals surface area contributed by atoms with Gasteiger partial charge in [0.1, 0.15) is 0 Å². The van der Waals surface area contributed by atoms with E-state index in [2.05, 4.69) is 10.3 Å². The predicted molar refractivity (Wildman–Crippen MR) is 65.3 cm³/mol. The summed E-state index contributed by atoms with van der Waals surface area (Å²) in [5, 5.41) is 12.2. The van der Waals surface area contributed by atoms with Gasteiger partial charge in [0.2, 0.25) is 0 Å². The summed E-state index contributed by atoms with van der Waals surface area (Å²) in [7, 11) is 0. The molecule has 2 aliphatic carbocycles. The van der Waals surface area contributed by atoms with Crippen molar-refractivity contribution in [3.05, 3.63) is 0 Å². The van der Waals surface area contributed by atoms with Crippen LogP contribution in [0.4, 0.5) is 0 Å². The lowest BCUT2D eigenvalue weighted by Crippen LogP contribution is -2.39. The summed E-state index contributed by atoms with van der Waals surface area (Å²) in [5.74, 6) is 0.594. The predicted octanol–water partition coefficient (Wildman–Crippen LogP) is 0.996. The summed E-state index contributed by atoms with van der Waals surface area (Å²) < 4.78 is 0. The van der Waals surface area contributed by atoms with Gasteiger partial charge in [-0.05, 0) is 37.5 Å². The van der Waals surface area contributed by atoms with Gasteiger partial charge >= 0.3 is 0 Å². The van der Waals surface area contributed by atoms with E-state index in [1.54, 1.807) is 0 Å². The molecular formula is C12H23N3O. The molecule has 4 N–H and O–H groups in total. The first kappa shape index (κ1) is 11.7. The fraction of sp³-hybridized carbons (Fsp3) is 0.917. The van der Waals surface area contributed by atoms with Gasteiger partial charge in [-0.1, -0.05) is 12.8 Å². The van der Waals surface area contributed by atoms with Gasteiger partial charge in [0.15, 0.2) is 5.96 Å². The van der Waals surface area contributed by atoms with Gasteiger partial charge in [0.25, 0.3) is 0 Å². The largest absolute Gasteiger partial charge is 0.396 e. The first-order chi connectivity index (χ1) is 7.74. The fourth-order valence-corrected chi connectivity index (χ4v) is 2.48. The SMILES string of the molecule is NC(=NCC1(CCO)CC1)NC1CCCC1. The molecule has 0 aliphatic heterocycles. The molecule has 0 aromatic heterocycles. The molecule has 0 aromatic carbocycles. The van der Waals surface area contributed by atoms with Crippen molar-refractivity contribution in [1.29, 1.82) is 0 Å². The van der Waals surface area contributed by atoms with Crippen molar-refractivity contribution in [1.82, 2.24) is 5.32 Å². The molecule has 0 radical (unpaired) electrons. The Labute approximate surface area is 97.3 Å². The van der Waals surface area contributed by atoms with Crippen LogP contribution in [-0.4, -0.2) is 30.3 Å². The average molecular weight is 225 g/mol. The molecular weight excluding hydrogens is 202 g/mol. The maximum absolute atomic E-state index is 8.94. The van der Waals surface area contributed by atoms with Crippen LogP contribution in [0.1, 0.15) is 44.9 Å². The minimum atomic E-state index is 0.269. The number of aliphatic hydroxyl groups excluding tert-OH is 1. The second-order valence-corrected chi connectivity index (χ2v) is 5.30. The fourth-order valence-electron chi connectivity index (χ4n) is 2.48. The molecule has 0 bridgehead atoms. The third-order valence-corrected chi connectivity index (χ3v) is 3.89. The van der Waals surface area contributed by atoms with Gasteiger partial charge in [-0.3, -0.25) is 4.99 Å². The molecule has 2 fully saturated rings. The summed E-state index contributed by atoms with van der Waals surface area (Å²) in [6.45, 7) is 1.05. The lowest BCUT2D eigenvalue weighted by atomic mass is 10.0. The Hall–Kier alpha value is -0.770. The van der Waals surface area contributed by atoms with Crippen LogP contribution >= 0.6 is 0 Å². The normalized spacial score (nSPS) is 24.7. The van der Waals surface area contributed by atoms with E-state index in [0.29, 0.717) is 12.0 Å². The van der Waals surface area contributed by atoms with Gasteiger partial charge < -0.3 is 16.2 Å². The van der Waals surface area contributed by atoms with Gasteiger partial charge in [-0.2, -0.15) is 0 Å². The third-order valence-electron chi connectivity index (χ3n) is 3.89. The highest BCUT2D eigenvalue weighted by atomic mass is 16.3. The van der Waals surface area contributed by atoms with Crippen LogP contribution in [0.25, 0.3) is 0 Å². The van der Waals surface area contributed by atoms with Crippen LogP contribution in [0.3, 0.4) is 0 Å². The van der Waals surface area contributed by atoms with E-state index in [9.17, 15) is 0 Å². The Kier molecular flexibility index (Phi) is 3.69. The molecule has 0 unspecified atom stereocenters. The minimum absolute atomic E-state index is 0.269. The molecule has 0 spiro atoms. The van der Waals surface area contributed by atoms with Crippen molar-refractivity contribution in [2.45, 2.75) is 51.0 Å². The first-order valence-electron chi connectivity index (χ1n) is 6.41. The number of aliphatic hydroxyl groups is 1. The lowest BCUT2D eigenvalue weighted by Gasteiger charge is -2.14.